The third-order valence-electron chi connectivity index (χ3n) is 3.82. The maximum absolute atomic E-state index is 9.22. The number of benzene rings is 2. The van der Waals surface area contributed by atoms with Crippen molar-refractivity contribution in [3.63, 3.8) is 0 Å². The molecule has 2 aromatic rings. The monoisotopic (exact) mass is 325 g/mol. The summed E-state index contributed by atoms with van der Waals surface area (Å²) >= 11 is 0. The Morgan fingerprint density at radius 1 is 1.00 bits per heavy atom. The first-order valence-electron chi connectivity index (χ1n) is 7.74. The normalized spacial score (nSPS) is 12.4. The molecule has 3 rings (SSSR count). The number of anilines is 1. The first kappa shape index (κ1) is 16.1. The minimum atomic E-state index is 0.0695. The van der Waals surface area contributed by atoms with Gasteiger partial charge >= 0.3 is 0 Å². The molecular weight excluding hydrogens is 310 g/mol. The topological polar surface area (TPSA) is 68.8 Å². The number of para-hydroxylation sites is 1. The van der Waals surface area contributed by atoms with Gasteiger partial charge in [-0.05, 0) is 35.9 Å². The quantitative estimate of drug-likeness (QED) is 0.842. The number of rotatable bonds is 3. The van der Waals surface area contributed by atoms with Crippen LogP contribution >= 0.6 is 0 Å². The number of hydrogen-bond acceptors (Lipinski definition) is 4. The van der Waals surface area contributed by atoms with E-state index in [0.717, 1.165) is 16.8 Å². The lowest BCUT2D eigenvalue weighted by molar-refractivity contribution is 0.439. The molecule has 4 nitrogen and oxygen atoms in total. The van der Waals surface area contributed by atoms with Crippen LogP contribution < -0.4 is 10.1 Å². The number of fused-ring (bicyclic) bond motifs is 1. The van der Waals surface area contributed by atoms with E-state index in [2.05, 4.69) is 5.32 Å². The highest BCUT2D eigenvalue weighted by Gasteiger charge is 2.18. The highest BCUT2D eigenvalue weighted by Crippen LogP contribution is 2.35. The van der Waals surface area contributed by atoms with Gasteiger partial charge in [0.1, 0.15) is 29.2 Å². The van der Waals surface area contributed by atoms with E-state index in [9.17, 15) is 10.5 Å². The SMILES string of the molecule is CNc1ccc(/C=C/C2=CC(=C(C#N)C#N)c3ccccc3O2)cc1. The Morgan fingerprint density at radius 2 is 1.72 bits per heavy atom. The summed E-state index contributed by atoms with van der Waals surface area (Å²) in [6.45, 7) is 0. The van der Waals surface area contributed by atoms with Gasteiger partial charge in [-0.15, -0.1) is 0 Å². The minimum Gasteiger partial charge on any atom is -0.457 e. The van der Waals surface area contributed by atoms with Crippen molar-refractivity contribution in [1.82, 2.24) is 0 Å². The summed E-state index contributed by atoms with van der Waals surface area (Å²) in [6, 6.07) is 19.2. The Morgan fingerprint density at radius 3 is 2.40 bits per heavy atom. The van der Waals surface area contributed by atoms with Crippen LogP contribution in [0, 0.1) is 22.7 Å². The summed E-state index contributed by atoms with van der Waals surface area (Å²) in [5.41, 5.74) is 3.46. The van der Waals surface area contributed by atoms with E-state index in [0.29, 0.717) is 17.1 Å². The zero-order chi connectivity index (χ0) is 17.6. The molecule has 0 amide bonds. The Hall–Kier alpha value is -3.76. The summed E-state index contributed by atoms with van der Waals surface area (Å²) in [6.07, 6.45) is 5.48. The number of ether oxygens (including phenoxy) is 1. The Kier molecular flexibility index (Phi) is 4.65. The van der Waals surface area contributed by atoms with Gasteiger partial charge in [0, 0.05) is 23.9 Å². The molecule has 0 saturated heterocycles. The van der Waals surface area contributed by atoms with Crippen molar-refractivity contribution in [2.75, 3.05) is 12.4 Å². The van der Waals surface area contributed by atoms with Gasteiger partial charge in [0.25, 0.3) is 0 Å². The van der Waals surface area contributed by atoms with Crippen LogP contribution in [0.25, 0.3) is 11.6 Å². The summed E-state index contributed by atoms with van der Waals surface area (Å²) in [7, 11) is 1.87. The van der Waals surface area contributed by atoms with Gasteiger partial charge in [0.15, 0.2) is 0 Å². The van der Waals surface area contributed by atoms with Gasteiger partial charge in [-0.3, -0.25) is 0 Å². The molecule has 0 unspecified atom stereocenters. The molecule has 0 atom stereocenters. The second-order valence-corrected chi connectivity index (χ2v) is 5.36. The van der Waals surface area contributed by atoms with Crippen LogP contribution in [0.15, 0.2) is 72.0 Å². The second-order valence-electron chi connectivity index (χ2n) is 5.36. The number of allylic oxidation sites excluding steroid dienone is 4. The highest BCUT2D eigenvalue weighted by atomic mass is 16.5. The fourth-order valence-corrected chi connectivity index (χ4v) is 2.53. The van der Waals surface area contributed by atoms with Gasteiger partial charge < -0.3 is 10.1 Å². The number of nitrogens with one attached hydrogen (secondary N) is 1. The maximum Gasteiger partial charge on any atom is 0.137 e. The zero-order valence-corrected chi connectivity index (χ0v) is 13.7. The molecule has 1 aliphatic heterocycles. The van der Waals surface area contributed by atoms with Crippen molar-refractivity contribution in [2.24, 2.45) is 0 Å². The van der Waals surface area contributed by atoms with Gasteiger partial charge in [-0.1, -0.05) is 36.4 Å². The van der Waals surface area contributed by atoms with Crippen LogP contribution in [0.3, 0.4) is 0 Å². The van der Waals surface area contributed by atoms with Crippen LogP contribution in [0.5, 0.6) is 5.75 Å². The summed E-state index contributed by atoms with van der Waals surface area (Å²) < 4.78 is 5.88. The number of hydrogen-bond donors (Lipinski definition) is 1. The van der Waals surface area contributed by atoms with Crippen molar-refractivity contribution < 1.29 is 4.74 Å². The minimum absolute atomic E-state index is 0.0695. The van der Waals surface area contributed by atoms with E-state index < -0.39 is 0 Å². The van der Waals surface area contributed by atoms with E-state index in [-0.39, 0.29) is 5.57 Å². The molecule has 2 aromatic carbocycles. The lowest BCUT2D eigenvalue weighted by Crippen LogP contribution is -2.03. The Labute approximate surface area is 146 Å². The average Bonchev–Trinajstić information content (AvgIpc) is 2.67. The van der Waals surface area contributed by atoms with Crippen LogP contribution in [0.2, 0.25) is 0 Å². The Balaban J connectivity index is 1.97. The van der Waals surface area contributed by atoms with Crippen LogP contribution in [0.4, 0.5) is 5.69 Å². The maximum atomic E-state index is 9.22. The molecule has 0 aromatic heterocycles. The molecule has 0 aliphatic carbocycles. The van der Waals surface area contributed by atoms with Crippen molar-refractivity contribution in [3.05, 3.63) is 83.1 Å². The first-order chi connectivity index (χ1) is 12.2. The average molecular weight is 325 g/mol. The lowest BCUT2D eigenvalue weighted by atomic mass is 9.97. The molecule has 1 N–H and O–H groups in total. The third-order valence-corrected chi connectivity index (χ3v) is 3.82. The van der Waals surface area contributed by atoms with Crippen LogP contribution in [-0.4, -0.2) is 7.05 Å². The van der Waals surface area contributed by atoms with E-state index in [1.165, 1.54) is 0 Å². The van der Waals surface area contributed by atoms with Gasteiger partial charge in [0.05, 0.1) is 0 Å². The highest BCUT2D eigenvalue weighted by molar-refractivity contribution is 5.87. The first-order valence-corrected chi connectivity index (χ1v) is 7.74. The molecule has 0 spiro atoms. The standard InChI is InChI=1S/C21H15N3O/c1-24-17-9-6-15(7-10-17)8-11-18-12-20(16(13-22)14-23)19-4-2-3-5-21(19)25-18/h2-12,24H,1H3/b11-8+. The largest absolute Gasteiger partial charge is 0.457 e. The zero-order valence-electron chi connectivity index (χ0n) is 13.7. The van der Waals surface area contributed by atoms with Crippen molar-refractivity contribution in [2.45, 2.75) is 0 Å². The van der Waals surface area contributed by atoms with E-state index in [1.807, 2.05) is 79.9 Å². The molecule has 120 valence electrons. The summed E-state index contributed by atoms with van der Waals surface area (Å²) in [5.74, 6) is 1.21. The van der Waals surface area contributed by atoms with Crippen molar-refractivity contribution in [3.8, 4) is 17.9 Å². The predicted molar refractivity (Wildman–Crippen MR) is 98.3 cm³/mol. The molecular formula is C21H15N3O. The lowest BCUT2D eigenvalue weighted by Gasteiger charge is -2.18. The third kappa shape index (κ3) is 3.44. The fraction of sp³-hybridized carbons (Fsp3) is 0.0476. The molecule has 0 saturated carbocycles. The molecule has 1 heterocycles. The smallest absolute Gasteiger partial charge is 0.137 e. The summed E-state index contributed by atoms with van der Waals surface area (Å²) in [4.78, 5) is 0. The van der Waals surface area contributed by atoms with Gasteiger partial charge in [-0.2, -0.15) is 10.5 Å². The molecule has 0 bridgehead atoms. The van der Waals surface area contributed by atoms with E-state index >= 15 is 0 Å². The molecule has 0 radical (unpaired) electrons. The van der Waals surface area contributed by atoms with E-state index in [1.54, 1.807) is 6.08 Å². The van der Waals surface area contributed by atoms with Gasteiger partial charge in [-0.25, -0.2) is 0 Å². The molecule has 0 fully saturated rings. The van der Waals surface area contributed by atoms with E-state index in [4.69, 9.17) is 4.74 Å². The van der Waals surface area contributed by atoms with Crippen molar-refractivity contribution >= 4 is 17.3 Å². The van der Waals surface area contributed by atoms with Crippen LogP contribution in [-0.2, 0) is 0 Å². The molecule has 25 heavy (non-hydrogen) atoms. The predicted octanol–water partition coefficient (Wildman–Crippen LogP) is 4.52. The van der Waals surface area contributed by atoms with Crippen molar-refractivity contribution in [1.29, 1.82) is 10.5 Å². The number of nitriles is 2. The number of nitrogens with zero attached hydrogens (tertiary/aromatic N) is 2. The Bertz CT molecular complexity index is 951. The fourth-order valence-electron chi connectivity index (χ4n) is 2.53. The summed E-state index contributed by atoms with van der Waals surface area (Å²) in [5, 5.41) is 21.5. The van der Waals surface area contributed by atoms with Gasteiger partial charge in [0.2, 0.25) is 0 Å². The van der Waals surface area contributed by atoms with Crippen LogP contribution in [0.1, 0.15) is 11.1 Å². The second kappa shape index (κ2) is 7.21. The molecule has 1 aliphatic rings. The molecule has 4 heteroatoms.